The molecule has 0 aromatic heterocycles. The van der Waals surface area contributed by atoms with Crippen molar-refractivity contribution in [3.05, 3.63) is 65.2 Å². The summed E-state index contributed by atoms with van der Waals surface area (Å²) in [4.78, 5) is 14.0. The van der Waals surface area contributed by atoms with Gasteiger partial charge in [0.15, 0.2) is 0 Å². The first kappa shape index (κ1) is 13.1. The van der Waals surface area contributed by atoms with Gasteiger partial charge in [0.1, 0.15) is 0 Å². The SMILES string of the molecule is Cc1ccc(CN(C)C(=O)c2ccccc2N)cc1. The van der Waals surface area contributed by atoms with Crippen molar-refractivity contribution >= 4 is 11.6 Å². The van der Waals surface area contributed by atoms with E-state index in [0.29, 0.717) is 17.8 Å². The zero-order chi connectivity index (χ0) is 13.8. The van der Waals surface area contributed by atoms with Gasteiger partial charge in [0.25, 0.3) is 5.91 Å². The van der Waals surface area contributed by atoms with Crippen LogP contribution in [0.25, 0.3) is 0 Å². The predicted molar refractivity (Wildman–Crippen MR) is 77.8 cm³/mol. The fraction of sp³-hybridized carbons (Fsp3) is 0.188. The number of aryl methyl sites for hydroxylation is 1. The van der Waals surface area contributed by atoms with Gasteiger partial charge in [-0.3, -0.25) is 4.79 Å². The highest BCUT2D eigenvalue weighted by atomic mass is 16.2. The first-order valence-corrected chi connectivity index (χ1v) is 6.23. The van der Waals surface area contributed by atoms with Crippen LogP contribution in [0.5, 0.6) is 0 Å². The van der Waals surface area contributed by atoms with E-state index in [0.717, 1.165) is 5.56 Å². The van der Waals surface area contributed by atoms with Crippen LogP contribution in [0.1, 0.15) is 21.5 Å². The summed E-state index contributed by atoms with van der Waals surface area (Å²) < 4.78 is 0. The molecule has 0 aliphatic heterocycles. The topological polar surface area (TPSA) is 46.3 Å². The molecule has 0 bridgehead atoms. The fourth-order valence-corrected chi connectivity index (χ4v) is 1.94. The smallest absolute Gasteiger partial charge is 0.255 e. The largest absolute Gasteiger partial charge is 0.398 e. The molecule has 0 unspecified atom stereocenters. The van der Waals surface area contributed by atoms with Crippen molar-refractivity contribution in [3.8, 4) is 0 Å². The predicted octanol–water partition coefficient (Wildman–Crippen LogP) is 2.85. The Morgan fingerprint density at radius 2 is 1.74 bits per heavy atom. The number of nitrogen functional groups attached to an aromatic ring is 1. The molecule has 1 amide bonds. The summed E-state index contributed by atoms with van der Waals surface area (Å²) in [6.07, 6.45) is 0. The molecule has 0 aliphatic carbocycles. The van der Waals surface area contributed by atoms with E-state index in [1.54, 1.807) is 24.1 Å². The van der Waals surface area contributed by atoms with Crippen molar-refractivity contribution in [2.75, 3.05) is 12.8 Å². The molecule has 0 radical (unpaired) electrons. The Bertz CT molecular complexity index is 576. The molecule has 2 N–H and O–H groups in total. The summed E-state index contributed by atoms with van der Waals surface area (Å²) in [5.41, 5.74) is 9.22. The third kappa shape index (κ3) is 3.13. The Labute approximate surface area is 113 Å². The molecular formula is C16H18N2O. The molecule has 0 atom stereocenters. The van der Waals surface area contributed by atoms with Gasteiger partial charge in [0, 0.05) is 19.3 Å². The number of anilines is 1. The average molecular weight is 254 g/mol. The van der Waals surface area contributed by atoms with Gasteiger partial charge in [-0.25, -0.2) is 0 Å². The normalized spacial score (nSPS) is 10.2. The van der Waals surface area contributed by atoms with Crippen molar-refractivity contribution < 1.29 is 4.79 Å². The van der Waals surface area contributed by atoms with Crippen molar-refractivity contribution in [2.24, 2.45) is 0 Å². The molecule has 3 heteroatoms. The lowest BCUT2D eigenvalue weighted by atomic mass is 10.1. The Morgan fingerprint density at radius 1 is 1.11 bits per heavy atom. The fourth-order valence-electron chi connectivity index (χ4n) is 1.94. The highest BCUT2D eigenvalue weighted by Crippen LogP contribution is 2.14. The number of hydrogen-bond acceptors (Lipinski definition) is 2. The third-order valence-electron chi connectivity index (χ3n) is 3.08. The Balaban J connectivity index is 2.12. The summed E-state index contributed by atoms with van der Waals surface area (Å²) in [6.45, 7) is 2.62. The summed E-state index contributed by atoms with van der Waals surface area (Å²) in [5, 5.41) is 0. The second-order valence-corrected chi connectivity index (χ2v) is 4.73. The van der Waals surface area contributed by atoms with Crippen LogP contribution in [0.2, 0.25) is 0 Å². The number of amides is 1. The van der Waals surface area contributed by atoms with E-state index in [4.69, 9.17) is 5.73 Å². The number of carbonyl (C=O) groups is 1. The highest BCUT2D eigenvalue weighted by Gasteiger charge is 2.14. The summed E-state index contributed by atoms with van der Waals surface area (Å²) in [5.74, 6) is -0.0568. The van der Waals surface area contributed by atoms with Gasteiger partial charge < -0.3 is 10.6 Å². The molecule has 0 spiro atoms. The van der Waals surface area contributed by atoms with Crippen LogP contribution < -0.4 is 5.73 Å². The number of rotatable bonds is 3. The molecule has 0 aliphatic rings. The number of nitrogens with two attached hydrogens (primary N) is 1. The lowest BCUT2D eigenvalue weighted by Gasteiger charge is -2.18. The maximum atomic E-state index is 12.3. The molecule has 0 fully saturated rings. The van der Waals surface area contributed by atoms with E-state index < -0.39 is 0 Å². The second kappa shape index (κ2) is 5.57. The maximum Gasteiger partial charge on any atom is 0.255 e. The van der Waals surface area contributed by atoms with E-state index in [-0.39, 0.29) is 5.91 Å². The summed E-state index contributed by atoms with van der Waals surface area (Å²) in [7, 11) is 1.79. The molecule has 2 aromatic carbocycles. The molecule has 3 nitrogen and oxygen atoms in total. The van der Waals surface area contributed by atoms with Gasteiger partial charge in [0.2, 0.25) is 0 Å². The minimum Gasteiger partial charge on any atom is -0.398 e. The zero-order valence-electron chi connectivity index (χ0n) is 11.3. The lowest BCUT2D eigenvalue weighted by molar-refractivity contribution is 0.0786. The van der Waals surface area contributed by atoms with Gasteiger partial charge in [0.05, 0.1) is 5.56 Å². The van der Waals surface area contributed by atoms with Crippen LogP contribution >= 0.6 is 0 Å². The molecule has 2 rings (SSSR count). The van der Waals surface area contributed by atoms with Crippen LogP contribution in [0.15, 0.2) is 48.5 Å². The number of carbonyl (C=O) groups excluding carboxylic acids is 1. The number of nitrogens with zero attached hydrogens (tertiary/aromatic N) is 1. The van der Waals surface area contributed by atoms with Gasteiger partial charge in [-0.2, -0.15) is 0 Å². The summed E-state index contributed by atoms with van der Waals surface area (Å²) >= 11 is 0. The van der Waals surface area contributed by atoms with Crippen LogP contribution in [0.3, 0.4) is 0 Å². The molecule has 0 saturated heterocycles. The van der Waals surface area contributed by atoms with Crippen molar-refractivity contribution in [1.29, 1.82) is 0 Å². The lowest BCUT2D eigenvalue weighted by Crippen LogP contribution is -2.26. The number of para-hydroxylation sites is 1. The number of benzene rings is 2. The molecule has 19 heavy (non-hydrogen) atoms. The quantitative estimate of drug-likeness (QED) is 0.856. The Morgan fingerprint density at radius 3 is 2.37 bits per heavy atom. The van der Waals surface area contributed by atoms with Crippen LogP contribution in [0, 0.1) is 6.92 Å². The van der Waals surface area contributed by atoms with Gasteiger partial charge in [-0.05, 0) is 24.6 Å². The average Bonchev–Trinajstić information content (AvgIpc) is 2.41. The first-order valence-electron chi connectivity index (χ1n) is 6.23. The van der Waals surface area contributed by atoms with Gasteiger partial charge >= 0.3 is 0 Å². The van der Waals surface area contributed by atoms with Crippen LogP contribution in [-0.4, -0.2) is 17.9 Å². The van der Waals surface area contributed by atoms with Crippen molar-refractivity contribution in [3.63, 3.8) is 0 Å². The molecule has 98 valence electrons. The Kier molecular flexibility index (Phi) is 3.85. The molecule has 2 aromatic rings. The monoisotopic (exact) mass is 254 g/mol. The molecule has 0 heterocycles. The van der Waals surface area contributed by atoms with Crippen LogP contribution in [0.4, 0.5) is 5.69 Å². The zero-order valence-corrected chi connectivity index (χ0v) is 11.3. The minimum absolute atomic E-state index is 0.0568. The van der Waals surface area contributed by atoms with E-state index in [1.807, 2.05) is 43.3 Å². The minimum atomic E-state index is -0.0568. The van der Waals surface area contributed by atoms with E-state index in [9.17, 15) is 4.79 Å². The highest BCUT2D eigenvalue weighted by molar-refractivity contribution is 5.98. The van der Waals surface area contributed by atoms with E-state index >= 15 is 0 Å². The van der Waals surface area contributed by atoms with Crippen molar-refractivity contribution in [1.82, 2.24) is 4.90 Å². The standard InChI is InChI=1S/C16H18N2O/c1-12-7-9-13(10-8-12)11-18(2)16(19)14-5-3-4-6-15(14)17/h3-10H,11,17H2,1-2H3. The second-order valence-electron chi connectivity index (χ2n) is 4.73. The van der Waals surface area contributed by atoms with E-state index in [1.165, 1.54) is 5.56 Å². The first-order chi connectivity index (χ1) is 9.08. The van der Waals surface area contributed by atoms with E-state index in [2.05, 4.69) is 0 Å². The summed E-state index contributed by atoms with van der Waals surface area (Å²) in [6, 6.07) is 15.3. The maximum absolute atomic E-state index is 12.3. The van der Waals surface area contributed by atoms with Crippen molar-refractivity contribution in [2.45, 2.75) is 13.5 Å². The number of hydrogen-bond donors (Lipinski definition) is 1. The third-order valence-corrected chi connectivity index (χ3v) is 3.08. The van der Waals surface area contributed by atoms with Crippen LogP contribution in [-0.2, 0) is 6.54 Å². The van der Waals surface area contributed by atoms with Gasteiger partial charge in [-0.15, -0.1) is 0 Å². The Hall–Kier alpha value is -2.29. The van der Waals surface area contributed by atoms with Gasteiger partial charge in [-0.1, -0.05) is 42.0 Å². The molecule has 0 saturated carbocycles. The molecular weight excluding hydrogens is 236 g/mol.